The van der Waals surface area contributed by atoms with Crippen LogP contribution in [0.3, 0.4) is 0 Å². The van der Waals surface area contributed by atoms with Gasteiger partial charge < -0.3 is 99.4 Å². The number of carbonyl (C=O) groups is 3. The van der Waals surface area contributed by atoms with Crippen molar-refractivity contribution in [1.82, 2.24) is 16.0 Å². The molecule has 11 N–H and O–H groups in total. The van der Waals surface area contributed by atoms with Crippen LogP contribution in [0.2, 0.25) is 0 Å². The summed E-state index contributed by atoms with van der Waals surface area (Å²) in [6.45, 7) is 32.6. The Labute approximate surface area is 507 Å². The molecule has 0 radical (unpaired) electrons. The summed E-state index contributed by atoms with van der Waals surface area (Å²) in [5.41, 5.74) is -27.6. The van der Waals surface area contributed by atoms with E-state index < -0.39 is 150 Å². The summed E-state index contributed by atoms with van der Waals surface area (Å²) in [4.78, 5) is 39.2. The van der Waals surface area contributed by atoms with Crippen molar-refractivity contribution in [3.63, 3.8) is 0 Å². The predicted molar refractivity (Wildman–Crippen MR) is 313 cm³/mol. The summed E-state index contributed by atoms with van der Waals surface area (Å²) in [5, 5.41) is 105. The number of amides is 3. The molecule has 492 valence electrons. The highest BCUT2D eigenvalue weighted by Crippen LogP contribution is 2.69. The third kappa shape index (κ3) is 9.56. The van der Waals surface area contributed by atoms with Gasteiger partial charge in [-0.2, -0.15) is 11.8 Å². The van der Waals surface area contributed by atoms with Gasteiger partial charge in [0.25, 0.3) is 0 Å². The van der Waals surface area contributed by atoms with Crippen LogP contribution in [0.1, 0.15) is 178 Å². The van der Waals surface area contributed by atoms with Crippen LogP contribution in [0.4, 0.5) is 4.79 Å². The molecule has 21 atom stereocenters. The number of hydrogen-bond donors (Lipinski definition) is 11. The molecule has 2 bridgehead atoms. The number of urea groups is 1. The Balaban J connectivity index is 1.09. The first kappa shape index (κ1) is 70.4. The van der Waals surface area contributed by atoms with Crippen LogP contribution in [0.5, 0.6) is 0 Å². The van der Waals surface area contributed by atoms with E-state index in [0.29, 0.717) is 12.8 Å². The monoisotopic (exact) mass is 1230 g/mol. The molecule has 3 amide bonds. The summed E-state index contributed by atoms with van der Waals surface area (Å²) in [6.07, 6.45) is 1.84. The smallest absolute Gasteiger partial charge is 0.315 e. The molecular weight excluding hydrogens is 1130 g/mol. The number of fused-ring (bicyclic) bond motifs is 3. The number of rotatable bonds is 21. The van der Waals surface area contributed by atoms with E-state index in [1.54, 1.807) is 102 Å². The van der Waals surface area contributed by atoms with Gasteiger partial charge in [0.15, 0.2) is 0 Å². The molecule has 8 aliphatic heterocycles. The lowest BCUT2D eigenvalue weighted by Crippen LogP contribution is -2.94. The third-order valence-electron chi connectivity index (χ3n) is 25.1. The molecule has 0 aliphatic carbocycles. The number of ether oxygens (including phenoxy) is 9. The summed E-state index contributed by atoms with van der Waals surface area (Å²) in [7, 11) is 0. The normalized spacial score (nSPS) is 52.4. The van der Waals surface area contributed by atoms with E-state index in [4.69, 9.17) is 42.6 Å². The van der Waals surface area contributed by atoms with E-state index in [1.807, 2.05) is 13.8 Å². The fraction of sp³-hybridized carbons (Fsp3) is 0.951. The molecule has 8 saturated heterocycles. The lowest BCUT2D eigenvalue weighted by molar-refractivity contribution is -0.577. The van der Waals surface area contributed by atoms with Crippen molar-refractivity contribution in [1.29, 1.82) is 0 Å². The quantitative estimate of drug-likeness (QED) is 0.0446. The van der Waals surface area contributed by atoms with Gasteiger partial charge in [0, 0.05) is 37.2 Å². The Hall–Kier alpha value is -2.08. The first-order chi connectivity index (χ1) is 38.2. The maximum Gasteiger partial charge on any atom is 0.315 e. The highest BCUT2D eigenvalue weighted by Gasteiger charge is 2.86. The number of nitrogens with one attached hydrogen (secondary N) is 3. The van der Waals surface area contributed by atoms with Gasteiger partial charge in [0.2, 0.25) is 17.5 Å². The highest BCUT2D eigenvalue weighted by atomic mass is 32.2. The Morgan fingerprint density at radius 3 is 1.69 bits per heavy atom. The minimum absolute atomic E-state index is 0.0105. The first-order valence-electron chi connectivity index (χ1n) is 30.2. The van der Waals surface area contributed by atoms with Crippen LogP contribution in [0.25, 0.3) is 0 Å². The van der Waals surface area contributed by atoms with Crippen LogP contribution in [0, 0.1) is 22.2 Å². The number of aliphatic hydroxyl groups excluding tert-OH is 2. The average molecular weight is 1230 g/mol. The number of hydrogen-bond acceptors (Lipinski definition) is 21. The topological polar surface area (TPSA) is 332 Å². The number of carbonyl (C=O) groups excluding carboxylic acids is 3. The van der Waals surface area contributed by atoms with E-state index in [-0.39, 0.29) is 56.2 Å². The van der Waals surface area contributed by atoms with Gasteiger partial charge in [-0.15, -0.1) is 0 Å². The van der Waals surface area contributed by atoms with E-state index >= 15 is 0 Å². The van der Waals surface area contributed by atoms with Crippen molar-refractivity contribution in [3.05, 3.63) is 0 Å². The third-order valence-corrected chi connectivity index (χ3v) is 26.6. The summed E-state index contributed by atoms with van der Waals surface area (Å²) >= 11 is 1.77. The number of thioether (sulfide) groups is 1. The number of unbranched alkanes of at least 4 members (excludes halogenated alkanes) is 1. The van der Waals surface area contributed by atoms with E-state index in [2.05, 4.69) is 16.0 Å². The molecule has 0 aromatic heterocycles. The molecule has 0 spiro atoms. The fourth-order valence-corrected chi connectivity index (χ4v) is 17.6. The van der Waals surface area contributed by atoms with E-state index in [0.717, 1.165) is 12.2 Å². The summed E-state index contributed by atoms with van der Waals surface area (Å²) < 4.78 is 59.4. The Morgan fingerprint density at radius 2 is 1.14 bits per heavy atom. The van der Waals surface area contributed by atoms with Crippen molar-refractivity contribution in [2.75, 3.05) is 58.6 Å². The molecule has 18 unspecified atom stereocenters. The van der Waals surface area contributed by atoms with Gasteiger partial charge in [-0.3, -0.25) is 9.59 Å². The van der Waals surface area contributed by atoms with E-state index in [9.17, 15) is 55.2 Å². The predicted octanol–water partition coefficient (Wildman–Crippen LogP) is 3.26. The number of esters is 1. The molecule has 8 rings (SSSR count). The molecule has 8 heterocycles. The molecule has 0 saturated carbocycles. The second-order valence-electron chi connectivity index (χ2n) is 30.4. The van der Waals surface area contributed by atoms with Gasteiger partial charge >= 0.3 is 12.0 Å². The van der Waals surface area contributed by atoms with Gasteiger partial charge in [-0.05, 0) is 124 Å². The number of aliphatic hydroxyl groups is 8. The van der Waals surface area contributed by atoms with Crippen molar-refractivity contribution >= 4 is 29.7 Å². The molecule has 8 aliphatic rings. The van der Waals surface area contributed by atoms with Crippen molar-refractivity contribution in [3.8, 4) is 0 Å². The lowest BCUT2D eigenvalue weighted by atomic mass is 9.50. The first-order valence-corrected chi connectivity index (χ1v) is 31.2. The Morgan fingerprint density at radius 1 is 0.588 bits per heavy atom. The second kappa shape index (κ2) is 21.2. The van der Waals surface area contributed by atoms with Crippen molar-refractivity contribution in [2.45, 2.75) is 285 Å². The zero-order valence-electron chi connectivity index (χ0n) is 54.9. The average Bonchev–Trinajstić information content (AvgIpc) is 0.927. The lowest BCUT2D eigenvalue weighted by Gasteiger charge is -2.77. The minimum Gasteiger partial charge on any atom is -0.431 e. The molecule has 8 fully saturated rings. The molecule has 24 heteroatoms. The molecule has 0 aromatic carbocycles. The molecule has 0 aromatic rings. The summed E-state index contributed by atoms with van der Waals surface area (Å²) in [5.74, 6) is -4.94. The van der Waals surface area contributed by atoms with Crippen LogP contribution in [-0.2, 0) is 52.2 Å². The Kier molecular flexibility index (Phi) is 17.6. The van der Waals surface area contributed by atoms with E-state index in [1.165, 1.54) is 48.5 Å². The molecular formula is C61H107N3O20S. The fourth-order valence-electron chi connectivity index (χ4n) is 16.0. The molecule has 23 nitrogen and oxygen atoms in total. The van der Waals surface area contributed by atoms with Crippen LogP contribution in [-0.4, -0.2) is 225 Å². The largest absolute Gasteiger partial charge is 0.431 e. The van der Waals surface area contributed by atoms with Crippen LogP contribution < -0.4 is 16.0 Å². The van der Waals surface area contributed by atoms with Crippen molar-refractivity contribution in [2.24, 2.45) is 22.2 Å². The maximum absolute atomic E-state index is 13.9. The van der Waals surface area contributed by atoms with Gasteiger partial charge in [0.05, 0.1) is 97.0 Å². The van der Waals surface area contributed by atoms with Gasteiger partial charge in [-0.25, -0.2) is 4.79 Å². The van der Waals surface area contributed by atoms with Gasteiger partial charge in [-0.1, -0.05) is 34.1 Å². The maximum atomic E-state index is 13.9. The SMILES string of the molecule is CC(=O)NC1(C)C(C)(OC(=O)CCCCC2SC[C@@H]3NC(=O)N[C@H]23)OC(C)(CO)C(C)(O)C1(C)COCC1(C)OC(C)(C)C(C)(COCC2(C)OC3(CO)OC(C)(C3(C)O)C2(C)COCC2(C)OC(C)(C)C(C)(O)C(C)(O)[C@@H]2C)C(C)(O)C1(C)O. The standard InChI is InChI=1S/C61H107N3O20S/c1-36-45(7,80-44(5,6)54(16,71)52(36,14)70)30-76-32-47(9)50(12,83-61(29-66)58(20,75)59(47,21)84-61)34-77-31-46(8)43(3,4)81-51(13,57(19,74)56(46,18)73)35-78-33-48(10)53(15,64-37(2)67)60(22,82-49(11,28-65)55(48,17)72)79-40(68)26-24-23-25-39-41-38(27-85-39)62-42(69)63-41/h36,38-39,41,65-66,70-75H,23-35H2,1-22H3,(H,64,67)(H2,62,63,69)/t36-,38+,39?,41+,45?,46?,47?,48?,49?,50?,51?,52?,53?,54?,55?,56?,57?,58?,59?,60?,61?/m1/s1. The van der Waals surface area contributed by atoms with Crippen LogP contribution >= 0.6 is 11.8 Å². The highest BCUT2D eigenvalue weighted by molar-refractivity contribution is 8.00. The van der Waals surface area contributed by atoms with Crippen molar-refractivity contribution < 1.29 is 97.9 Å². The van der Waals surface area contributed by atoms with Gasteiger partial charge in [0.1, 0.15) is 62.6 Å². The molecule has 85 heavy (non-hydrogen) atoms. The Bertz CT molecular complexity index is 2570. The zero-order valence-corrected chi connectivity index (χ0v) is 55.7. The van der Waals surface area contributed by atoms with Crippen LogP contribution in [0.15, 0.2) is 0 Å². The zero-order chi connectivity index (χ0) is 64.9. The minimum atomic E-state index is -2.16. The summed E-state index contributed by atoms with van der Waals surface area (Å²) in [6, 6.07) is -0.106. The second-order valence-corrected chi connectivity index (χ2v) is 31.7.